The van der Waals surface area contributed by atoms with Gasteiger partial charge in [-0.1, -0.05) is 19.4 Å². The molecule has 1 saturated carbocycles. The third-order valence-electron chi connectivity index (χ3n) is 4.92. The second-order valence-corrected chi connectivity index (χ2v) is 7.10. The van der Waals surface area contributed by atoms with Gasteiger partial charge in [0.2, 0.25) is 5.95 Å². The molecule has 146 valence electrons. The van der Waals surface area contributed by atoms with Gasteiger partial charge in [-0.2, -0.15) is 4.98 Å². The fourth-order valence-electron chi connectivity index (χ4n) is 3.23. The van der Waals surface area contributed by atoms with Gasteiger partial charge in [0, 0.05) is 25.0 Å². The van der Waals surface area contributed by atoms with Gasteiger partial charge in [-0.3, -0.25) is 4.98 Å². The average molecular weight is 371 g/mol. The number of hydrogen-bond donors (Lipinski definition) is 4. The molecule has 7 nitrogen and oxygen atoms in total. The van der Waals surface area contributed by atoms with Gasteiger partial charge in [0.05, 0.1) is 24.0 Å². The summed E-state index contributed by atoms with van der Waals surface area (Å²) in [6.45, 7) is 2.96. The maximum Gasteiger partial charge on any atom is 0.224 e. The molecule has 0 bridgehead atoms. The summed E-state index contributed by atoms with van der Waals surface area (Å²) in [5.74, 6) is 1.37. The zero-order valence-electron chi connectivity index (χ0n) is 15.9. The standard InChI is InChI=1S/C20H29N5O2/c1-2-3-10-21-20-23-12-17(18-9-4-14(13-26)11-22-18)19(25-20)24-15-5-7-16(27)8-6-15/h4,9,11-12,15-16,26-27H,2-3,5-8,10,13H2,1H3,(H2,21,23,24,25). The number of anilines is 2. The van der Waals surface area contributed by atoms with E-state index in [1.165, 1.54) is 0 Å². The summed E-state index contributed by atoms with van der Waals surface area (Å²) >= 11 is 0. The third-order valence-corrected chi connectivity index (χ3v) is 4.92. The SMILES string of the molecule is CCCCNc1ncc(-c2ccc(CO)cn2)c(NC2CCC(O)CC2)n1. The molecule has 0 aromatic carbocycles. The lowest BCUT2D eigenvalue weighted by Gasteiger charge is -2.27. The first-order chi connectivity index (χ1) is 13.2. The first-order valence-corrected chi connectivity index (χ1v) is 9.81. The van der Waals surface area contributed by atoms with E-state index in [9.17, 15) is 10.2 Å². The van der Waals surface area contributed by atoms with Crippen LogP contribution in [-0.2, 0) is 6.61 Å². The van der Waals surface area contributed by atoms with Crippen LogP contribution >= 0.6 is 0 Å². The molecule has 4 N–H and O–H groups in total. The van der Waals surface area contributed by atoms with E-state index in [0.717, 1.165) is 67.7 Å². The molecule has 3 rings (SSSR count). The van der Waals surface area contributed by atoms with Gasteiger partial charge in [-0.15, -0.1) is 0 Å². The van der Waals surface area contributed by atoms with Crippen molar-refractivity contribution in [2.75, 3.05) is 17.2 Å². The van der Waals surface area contributed by atoms with Crippen LogP contribution in [0.5, 0.6) is 0 Å². The Balaban J connectivity index is 1.83. The van der Waals surface area contributed by atoms with Crippen LogP contribution in [0, 0.1) is 0 Å². The van der Waals surface area contributed by atoms with Crippen molar-refractivity contribution in [1.82, 2.24) is 15.0 Å². The van der Waals surface area contributed by atoms with Gasteiger partial charge in [-0.05, 0) is 43.7 Å². The van der Waals surface area contributed by atoms with Crippen molar-refractivity contribution in [2.24, 2.45) is 0 Å². The number of aromatic nitrogens is 3. The van der Waals surface area contributed by atoms with Gasteiger partial charge in [-0.25, -0.2) is 4.98 Å². The fourth-order valence-corrected chi connectivity index (χ4v) is 3.23. The number of rotatable bonds is 8. The number of hydrogen-bond acceptors (Lipinski definition) is 7. The summed E-state index contributed by atoms with van der Waals surface area (Å²) in [5, 5.41) is 25.8. The highest BCUT2D eigenvalue weighted by Gasteiger charge is 2.21. The summed E-state index contributed by atoms with van der Waals surface area (Å²) in [6.07, 6.45) is 8.91. The van der Waals surface area contributed by atoms with Crippen LogP contribution in [0.1, 0.15) is 51.0 Å². The minimum atomic E-state index is -0.188. The van der Waals surface area contributed by atoms with Crippen LogP contribution in [0.2, 0.25) is 0 Å². The van der Waals surface area contributed by atoms with Crippen molar-refractivity contribution in [3.63, 3.8) is 0 Å². The molecule has 1 aliphatic rings. The van der Waals surface area contributed by atoms with Gasteiger partial charge >= 0.3 is 0 Å². The van der Waals surface area contributed by atoms with Crippen molar-refractivity contribution < 1.29 is 10.2 Å². The summed E-state index contributed by atoms with van der Waals surface area (Å²) in [4.78, 5) is 13.6. The predicted octanol–water partition coefficient (Wildman–Crippen LogP) is 2.96. The Hall–Kier alpha value is -2.25. The van der Waals surface area contributed by atoms with Gasteiger partial charge in [0.15, 0.2) is 0 Å². The van der Waals surface area contributed by atoms with Crippen molar-refractivity contribution >= 4 is 11.8 Å². The second kappa shape index (κ2) is 9.62. The number of pyridine rings is 1. The van der Waals surface area contributed by atoms with Crippen molar-refractivity contribution in [1.29, 1.82) is 0 Å². The molecule has 7 heteroatoms. The molecule has 2 heterocycles. The number of unbranched alkanes of at least 4 members (excludes halogenated alkanes) is 1. The topological polar surface area (TPSA) is 103 Å². The zero-order chi connectivity index (χ0) is 19.1. The highest BCUT2D eigenvalue weighted by molar-refractivity contribution is 5.72. The quantitative estimate of drug-likeness (QED) is 0.529. The highest BCUT2D eigenvalue weighted by Crippen LogP contribution is 2.29. The monoisotopic (exact) mass is 371 g/mol. The van der Waals surface area contributed by atoms with E-state index in [-0.39, 0.29) is 18.8 Å². The van der Waals surface area contributed by atoms with Crippen LogP contribution in [0.25, 0.3) is 11.3 Å². The number of nitrogens with zero attached hydrogens (tertiary/aromatic N) is 3. The van der Waals surface area contributed by atoms with E-state index in [1.54, 1.807) is 12.4 Å². The van der Waals surface area contributed by atoms with Crippen LogP contribution in [0.4, 0.5) is 11.8 Å². The molecule has 27 heavy (non-hydrogen) atoms. The van der Waals surface area contributed by atoms with Crippen molar-refractivity contribution in [3.8, 4) is 11.3 Å². The smallest absolute Gasteiger partial charge is 0.224 e. The maximum atomic E-state index is 9.75. The molecule has 1 aliphatic carbocycles. The molecule has 0 spiro atoms. The van der Waals surface area contributed by atoms with Crippen molar-refractivity contribution in [2.45, 2.75) is 64.2 Å². The Morgan fingerprint density at radius 3 is 2.59 bits per heavy atom. The molecular formula is C20H29N5O2. The van der Waals surface area contributed by atoms with E-state index >= 15 is 0 Å². The molecule has 0 atom stereocenters. The van der Waals surface area contributed by atoms with E-state index < -0.39 is 0 Å². The lowest BCUT2D eigenvalue weighted by molar-refractivity contribution is 0.126. The number of nitrogens with one attached hydrogen (secondary N) is 2. The minimum absolute atomic E-state index is 0.0282. The van der Waals surface area contributed by atoms with Crippen molar-refractivity contribution in [3.05, 3.63) is 30.1 Å². The molecule has 0 aliphatic heterocycles. The van der Waals surface area contributed by atoms with E-state index in [2.05, 4.69) is 27.5 Å². The molecule has 2 aromatic rings. The molecule has 2 aromatic heterocycles. The Kier molecular flexibility index (Phi) is 6.95. The maximum absolute atomic E-state index is 9.75. The molecular weight excluding hydrogens is 342 g/mol. The third kappa shape index (κ3) is 5.37. The molecule has 0 saturated heterocycles. The van der Waals surface area contributed by atoms with Crippen LogP contribution in [0.15, 0.2) is 24.5 Å². The summed E-state index contributed by atoms with van der Waals surface area (Å²) in [7, 11) is 0. The summed E-state index contributed by atoms with van der Waals surface area (Å²) < 4.78 is 0. The van der Waals surface area contributed by atoms with E-state index in [1.807, 2.05) is 12.1 Å². The van der Waals surface area contributed by atoms with Crippen LogP contribution < -0.4 is 10.6 Å². The molecule has 1 fully saturated rings. The predicted molar refractivity (Wildman–Crippen MR) is 106 cm³/mol. The Labute approximate surface area is 160 Å². The highest BCUT2D eigenvalue weighted by atomic mass is 16.3. The Morgan fingerprint density at radius 1 is 1.11 bits per heavy atom. The average Bonchev–Trinajstić information content (AvgIpc) is 2.70. The molecule has 0 unspecified atom stereocenters. The number of aliphatic hydroxyl groups excluding tert-OH is 2. The normalized spacial score (nSPS) is 19.7. The van der Waals surface area contributed by atoms with E-state index in [0.29, 0.717) is 5.95 Å². The lowest BCUT2D eigenvalue weighted by Crippen LogP contribution is -2.29. The van der Waals surface area contributed by atoms with Crippen LogP contribution in [0.3, 0.4) is 0 Å². The van der Waals surface area contributed by atoms with E-state index in [4.69, 9.17) is 4.98 Å². The summed E-state index contributed by atoms with van der Waals surface area (Å²) in [5.41, 5.74) is 2.38. The second-order valence-electron chi connectivity index (χ2n) is 7.10. The van der Waals surface area contributed by atoms with Crippen LogP contribution in [-0.4, -0.2) is 43.9 Å². The fraction of sp³-hybridized carbons (Fsp3) is 0.550. The Morgan fingerprint density at radius 2 is 1.93 bits per heavy atom. The van der Waals surface area contributed by atoms with Gasteiger partial charge < -0.3 is 20.8 Å². The van der Waals surface area contributed by atoms with Gasteiger partial charge in [0.25, 0.3) is 0 Å². The Bertz CT molecular complexity index is 715. The summed E-state index contributed by atoms with van der Waals surface area (Å²) in [6, 6.07) is 4.02. The largest absolute Gasteiger partial charge is 0.393 e. The first kappa shape index (κ1) is 19.5. The zero-order valence-corrected chi connectivity index (χ0v) is 15.9. The minimum Gasteiger partial charge on any atom is -0.393 e. The molecule has 0 radical (unpaired) electrons. The number of aliphatic hydroxyl groups is 2. The lowest BCUT2D eigenvalue weighted by atomic mass is 9.93. The molecule has 0 amide bonds. The first-order valence-electron chi connectivity index (χ1n) is 9.81. The van der Waals surface area contributed by atoms with Gasteiger partial charge in [0.1, 0.15) is 5.82 Å².